The van der Waals surface area contributed by atoms with Gasteiger partial charge in [-0.1, -0.05) is 63.1 Å². The minimum absolute atomic E-state index is 0.0322. The average Bonchev–Trinajstić information content (AvgIpc) is 3.92. The maximum absolute atomic E-state index is 12.9. The number of ether oxygens (including phenoxy) is 1. The Morgan fingerprint density at radius 2 is 1.74 bits per heavy atom. The highest BCUT2D eigenvalue weighted by atomic mass is 16.6. The minimum Gasteiger partial charge on any atom is -0.446 e. The number of unbranched alkanes of at least 4 members (excludes halogenated alkanes) is 8. The molecule has 0 radical (unpaired) electrons. The van der Waals surface area contributed by atoms with Gasteiger partial charge in [-0.15, -0.1) is 0 Å². The van der Waals surface area contributed by atoms with Crippen LogP contribution in [-0.2, 0) is 22.5 Å². The Labute approximate surface area is 316 Å². The fourth-order valence-electron chi connectivity index (χ4n) is 7.45. The van der Waals surface area contributed by atoms with Crippen molar-refractivity contribution in [2.45, 2.75) is 128 Å². The zero-order chi connectivity index (χ0) is 37.9. The summed E-state index contributed by atoms with van der Waals surface area (Å²) in [5.41, 5.74) is 3.41. The van der Waals surface area contributed by atoms with Crippen LogP contribution in [0.2, 0.25) is 0 Å². The Hall–Kier alpha value is -5.27. The van der Waals surface area contributed by atoms with Crippen molar-refractivity contribution in [1.29, 1.82) is 0 Å². The second kappa shape index (κ2) is 18.7. The molecule has 4 heterocycles. The lowest BCUT2D eigenvalue weighted by Crippen LogP contribution is -2.49. The lowest BCUT2D eigenvalue weighted by molar-refractivity contribution is -0.120. The molecule has 54 heavy (non-hydrogen) atoms. The van der Waals surface area contributed by atoms with Crippen LogP contribution < -0.4 is 20.9 Å². The average molecular weight is 740 g/mol. The molecule has 2 aliphatic rings. The first-order valence-corrected chi connectivity index (χ1v) is 19.6. The molecule has 1 aliphatic carbocycles. The summed E-state index contributed by atoms with van der Waals surface area (Å²) in [6.45, 7) is 4.93. The van der Waals surface area contributed by atoms with Crippen molar-refractivity contribution >= 4 is 46.2 Å². The predicted molar refractivity (Wildman–Crippen MR) is 206 cm³/mol. The predicted octanol–water partition coefficient (Wildman–Crippen LogP) is 7.38. The molecule has 14 heteroatoms. The van der Waals surface area contributed by atoms with E-state index in [0.717, 1.165) is 73.6 Å². The van der Waals surface area contributed by atoms with Crippen molar-refractivity contribution in [3.63, 3.8) is 0 Å². The lowest BCUT2D eigenvalue weighted by atomic mass is 9.99. The number of hydrogen-bond acceptors (Lipinski definition) is 8. The third-order valence-corrected chi connectivity index (χ3v) is 10.3. The number of carbonyl (C=O) groups is 4. The van der Waals surface area contributed by atoms with Crippen LogP contribution in [0.4, 0.5) is 21.1 Å². The largest absolute Gasteiger partial charge is 0.446 e. The monoisotopic (exact) mass is 739 g/mol. The van der Waals surface area contributed by atoms with Gasteiger partial charge in [0.25, 0.3) is 5.91 Å². The second-order valence-corrected chi connectivity index (χ2v) is 14.8. The SMILES string of the molecule is CC(C)NC(=O)O[C@@H]1CC[C@H](c2cc(NC(=O)c3cnn(CCCCCCCCCCCc4cccc5c(N6CCC(=O)NC6=O)cncc45)c3)n[nH]2)C1. The van der Waals surface area contributed by atoms with Crippen LogP contribution in [0.3, 0.4) is 0 Å². The summed E-state index contributed by atoms with van der Waals surface area (Å²) in [7, 11) is 0. The fourth-order valence-corrected chi connectivity index (χ4v) is 7.45. The van der Waals surface area contributed by atoms with Gasteiger partial charge in [0.1, 0.15) is 6.10 Å². The number of hydrogen-bond donors (Lipinski definition) is 4. The van der Waals surface area contributed by atoms with E-state index in [1.165, 1.54) is 44.1 Å². The van der Waals surface area contributed by atoms with E-state index in [9.17, 15) is 19.2 Å². The van der Waals surface area contributed by atoms with Gasteiger partial charge in [-0.2, -0.15) is 10.2 Å². The second-order valence-electron chi connectivity index (χ2n) is 14.8. The number of aromatic amines is 1. The highest BCUT2D eigenvalue weighted by Gasteiger charge is 2.30. The van der Waals surface area contributed by atoms with Gasteiger partial charge < -0.3 is 15.4 Å². The Morgan fingerprint density at radius 1 is 0.963 bits per heavy atom. The van der Waals surface area contributed by atoms with Crippen molar-refractivity contribution in [1.82, 2.24) is 35.6 Å². The highest BCUT2D eigenvalue weighted by molar-refractivity contribution is 6.10. The first-order chi connectivity index (χ1) is 26.2. The molecule has 288 valence electrons. The van der Waals surface area contributed by atoms with E-state index in [1.807, 2.05) is 42.9 Å². The smallest absolute Gasteiger partial charge is 0.407 e. The van der Waals surface area contributed by atoms with Crippen LogP contribution in [0.1, 0.15) is 125 Å². The third-order valence-electron chi connectivity index (χ3n) is 10.3. The number of nitrogens with one attached hydrogen (secondary N) is 4. The van der Waals surface area contributed by atoms with Crippen molar-refractivity contribution < 1.29 is 23.9 Å². The number of H-pyrrole nitrogens is 1. The van der Waals surface area contributed by atoms with E-state index in [1.54, 1.807) is 23.5 Å². The molecule has 4 aromatic rings. The van der Waals surface area contributed by atoms with E-state index in [-0.39, 0.29) is 42.4 Å². The Kier molecular flexibility index (Phi) is 13.3. The first-order valence-electron chi connectivity index (χ1n) is 19.6. The molecule has 0 unspecified atom stereocenters. The van der Waals surface area contributed by atoms with Crippen LogP contribution >= 0.6 is 0 Å². The van der Waals surface area contributed by atoms with Gasteiger partial charge in [-0.25, -0.2) is 9.59 Å². The molecule has 1 aromatic carbocycles. The topological polar surface area (TPSA) is 176 Å². The Bertz CT molecular complexity index is 1900. The molecule has 2 fully saturated rings. The zero-order valence-corrected chi connectivity index (χ0v) is 31.4. The molecule has 5 amide bonds. The molecule has 2 atom stereocenters. The molecule has 6 rings (SSSR count). The van der Waals surface area contributed by atoms with Gasteiger partial charge in [0, 0.05) is 66.4 Å². The summed E-state index contributed by atoms with van der Waals surface area (Å²) in [6, 6.07) is 7.70. The van der Waals surface area contributed by atoms with Crippen molar-refractivity contribution in [3.8, 4) is 0 Å². The summed E-state index contributed by atoms with van der Waals surface area (Å²) in [4.78, 5) is 54.9. The number of nitrogens with zero attached hydrogens (tertiary/aromatic N) is 5. The first kappa shape index (κ1) is 38.5. The van der Waals surface area contributed by atoms with Crippen LogP contribution in [0, 0.1) is 0 Å². The van der Waals surface area contributed by atoms with Gasteiger partial charge >= 0.3 is 12.1 Å². The number of urea groups is 1. The quantitative estimate of drug-likeness (QED) is 0.0765. The van der Waals surface area contributed by atoms with Gasteiger partial charge in [0.05, 0.1) is 23.6 Å². The maximum atomic E-state index is 12.9. The standard InChI is InChI=1S/C40H53N9O5/c1-27(2)43-40(53)54-31-17-16-29(21-31)34-22-36(47-46-34)44-38(51)30-23-42-48(26-30)19-11-9-7-5-3-4-6-8-10-13-28-14-12-15-32-33(28)24-41-25-35(32)49-20-18-37(50)45-39(49)52/h12,14-15,22-27,29,31H,3-11,13,16-21H2,1-2H3,(H,43,53)(H,45,50,52)(H2,44,46,47,51)/t29-,31+/m0/s1. The van der Waals surface area contributed by atoms with Crippen LogP contribution in [0.5, 0.6) is 0 Å². The van der Waals surface area contributed by atoms with E-state index in [0.29, 0.717) is 17.9 Å². The number of imide groups is 1. The molecular formula is C40H53N9O5. The number of benzene rings is 1. The normalized spacial score (nSPS) is 17.3. The Morgan fingerprint density at radius 3 is 2.52 bits per heavy atom. The summed E-state index contributed by atoms with van der Waals surface area (Å²) >= 11 is 0. The van der Waals surface area contributed by atoms with Crippen molar-refractivity contribution in [2.75, 3.05) is 16.8 Å². The number of rotatable bonds is 18. The highest BCUT2D eigenvalue weighted by Crippen LogP contribution is 2.36. The number of alkyl carbamates (subject to hydrolysis) is 1. The minimum atomic E-state index is -0.390. The summed E-state index contributed by atoms with van der Waals surface area (Å²) in [5, 5.41) is 21.8. The fraction of sp³-hybridized carbons (Fsp3) is 0.525. The number of fused-ring (bicyclic) bond motifs is 1. The zero-order valence-electron chi connectivity index (χ0n) is 31.4. The van der Waals surface area contributed by atoms with E-state index >= 15 is 0 Å². The van der Waals surface area contributed by atoms with Crippen molar-refractivity contribution in [3.05, 3.63) is 65.9 Å². The molecule has 4 N–H and O–H groups in total. The summed E-state index contributed by atoms with van der Waals surface area (Å²) in [6.07, 6.45) is 20.6. The van der Waals surface area contributed by atoms with Crippen LogP contribution in [-0.4, -0.2) is 67.6 Å². The number of carbonyl (C=O) groups excluding carboxylic acids is 4. The van der Waals surface area contributed by atoms with Gasteiger partial charge in [-0.05, 0) is 57.9 Å². The number of aryl methyl sites for hydroxylation is 2. The maximum Gasteiger partial charge on any atom is 0.407 e. The number of amides is 5. The lowest BCUT2D eigenvalue weighted by Gasteiger charge is -2.27. The van der Waals surface area contributed by atoms with Crippen LogP contribution in [0.25, 0.3) is 10.8 Å². The Balaban J connectivity index is 0.819. The van der Waals surface area contributed by atoms with Crippen molar-refractivity contribution in [2.24, 2.45) is 0 Å². The number of anilines is 2. The van der Waals surface area contributed by atoms with E-state index in [4.69, 9.17) is 4.74 Å². The molecular weight excluding hydrogens is 686 g/mol. The molecule has 1 saturated carbocycles. The molecule has 1 saturated heterocycles. The molecule has 3 aromatic heterocycles. The summed E-state index contributed by atoms with van der Waals surface area (Å²) < 4.78 is 7.37. The van der Waals surface area contributed by atoms with Crippen LogP contribution in [0.15, 0.2) is 49.1 Å². The number of pyridine rings is 1. The molecule has 0 bridgehead atoms. The van der Waals surface area contributed by atoms with E-state index in [2.05, 4.69) is 42.3 Å². The van der Waals surface area contributed by atoms with Gasteiger partial charge in [0.2, 0.25) is 5.91 Å². The number of aromatic nitrogens is 5. The van der Waals surface area contributed by atoms with E-state index < -0.39 is 6.03 Å². The molecule has 1 aliphatic heterocycles. The molecule has 14 nitrogen and oxygen atoms in total. The molecule has 0 spiro atoms. The van der Waals surface area contributed by atoms with Gasteiger partial charge in [0.15, 0.2) is 5.82 Å². The third kappa shape index (κ3) is 10.4. The van der Waals surface area contributed by atoms with Gasteiger partial charge in [-0.3, -0.25) is 34.6 Å². The summed E-state index contributed by atoms with van der Waals surface area (Å²) in [5.74, 6) is 0.169.